The van der Waals surface area contributed by atoms with Crippen molar-refractivity contribution < 1.29 is 8.78 Å². The molecule has 0 bridgehead atoms. The average molecular weight is 252 g/mol. The number of aromatic amines is 1. The second kappa shape index (κ2) is 5.68. The summed E-state index contributed by atoms with van der Waals surface area (Å²) in [6.07, 6.45) is 1.77. The lowest BCUT2D eigenvalue weighted by Gasteiger charge is -2.00. The third kappa shape index (κ3) is 3.10. The van der Waals surface area contributed by atoms with Gasteiger partial charge in [-0.1, -0.05) is 6.07 Å². The standard InChI is InChI=1S/C12H14F2N4/c13-9-4-3-8(10(14)7-9)6-12-16-11(17-18-12)2-1-5-15/h3-4,7H,1-2,5-6,15H2,(H,16,17,18). The molecule has 0 spiro atoms. The lowest BCUT2D eigenvalue weighted by atomic mass is 10.1. The first-order valence-corrected chi connectivity index (χ1v) is 5.73. The van der Waals surface area contributed by atoms with E-state index in [1.54, 1.807) is 0 Å². The van der Waals surface area contributed by atoms with Crippen LogP contribution in [0, 0.1) is 11.6 Å². The van der Waals surface area contributed by atoms with Gasteiger partial charge in [0.15, 0.2) is 5.82 Å². The molecule has 2 aromatic rings. The minimum Gasteiger partial charge on any atom is -0.330 e. The monoisotopic (exact) mass is 252 g/mol. The molecule has 0 saturated carbocycles. The van der Waals surface area contributed by atoms with Crippen LogP contribution < -0.4 is 5.73 Å². The lowest BCUT2D eigenvalue weighted by molar-refractivity contribution is 0.573. The highest BCUT2D eigenvalue weighted by molar-refractivity contribution is 5.21. The molecule has 0 aliphatic carbocycles. The van der Waals surface area contributed by atoms with Crippen LogP contribution in [0.25, 0.3) is 0 Å². The van der Waals surface area contributed by atoms with E-state index in [9.17, 15) is 8.78 Å². The summed E-state index contributed by atoms with van der Waals surface area (Å²) < 4.78 is 26.2. The SMILES string of the molecule is NCCCc1n[nH]c(Cc2ccc(F)cc2F)n1. The van der Waals surface area contributed by atoms with Crippen LogP contribution in [0.2, 0.25) is 0 Å². The van der Waals surface area contributed by atoms with Gasteiger partial charge in [-0.25, -0.2) is 13.8 Å². The largest absolute Gasteiger partial charge is 0.330 e. The fraction of sp³-hybridized carbons (Fsp3) is 0.333. The molecule has 0 amide bonds. The van der Waals surface area contributed by atoms with Gasteiger partial charge in [0.05, 0.1) is 0 Å². The summed E-state index contributed by atoms with van der Waals surface area (Å²) in [6, 6.07) is 3.50. The maximum absolute atomic E-state index is 13.4. The van der Waals surface area contributed by atoms with E-state index in [2.05, 4.69) is 15.2 Å². The highest BCUT2D eigenvalue weighted by Gasteiger charge is 2.08. The highest BCUT2D eigenvalue weighted by Crippen LogP contribution is 2.12. The number of nitrogens with two attached hydrogens (primary N) is 1. The van der Waals surface area contributed by atoms with Gasteiger partial charge >= 0.3 is 0 Å². The average Bonchev–Trinajstić information content (AvgIpc) is 2.78. The number of nitrogens with one attached hydrogen (secondary N) is 1. The number of H-pyrrole nitrogens is 1. The van der Waals surface area contributed by atoms with Gasteiger partial charge in [-0.15, -0.1) is 0 Å². The van der Waals surface area contributed by atoms with Crippen molar-refractivity contribution >= 4 is 0 Å². The molecule has 18 heavy (non-hydrogen) atoms. The topological polar surface area (TPSA) is 67.6 Å². The van der Waals surface area contributed by atoms with E-state index in [1.165, 1.54) is 12.1 Å². The van der Waals surface area contributed by atoms with E-state index >= 15 is 0 Å². The van der Waals surface area contributed by atoms with Crippen molar-refractivity contribution in [2.45, 2.75) is 19.3 Å². The molecule has 0 aliphatic rings. The summed E-state index contributed by atoms with van der Waals surface area (Å²) >= 11 is 0. The summed E-state index contributed by atoms with van der Waals surface area (Å²) in [5, 5.41) is 6.75. The number of benzene rings is 1. The third-order valence-corrected chi connectivity index (χ3v) is 2.56. The summed E-state index contributed by atoms with van der Waals surface area (Å²) in [4.78, 5) is 4.22. The van der Waals surface area contributed by atoms with E-state index in [4.69, 9.17) is 5.73 Å². The van der Waals surface area contributed by atoms with Crippen LogP contribution in [0.4, 0.5) is 8.78 Å². The zero-order valence-electron chi connectivity index (χ0n) is 9.79. The zero-order valence-corrected chi connectivity index (χ0v) is 9.79. The minimum atomic E-state index is -0.586. The normalized spacial score (nSPS) is 10.8. The van der Waals surface area contributed by atoms with Crippen molar-refractivity contribution in [1.29, 1.82) is 0 Å². The first kappa shape index (κ1) is 12.6. The molecule has 1 aromatic carbocycles. The Labute approximate surface area is 103 Å². The Morgan fingerprint density at radius 2 is 2.11 bits per heavy atom. The van der Waals surface area contributed by atoms with Crippen LogP contribution in [0.3, 0.4) is 0 Å². The van der Waals surface area contributed by atoms with Crippen LogP contribution in [0.15, 0.2) is 18.2 Å². The highest BCUT2D eigenvalue weighted by atomic mass is 19.1. The van der Waals surface area contributed by atoms with Gasteiger partial charge in [-0.3, -0.25) is 5.10 Å². The molecule has 1 heterocycles. The van der Waals surface area contributed by atoms with Crippen molar-refractivity contribution in [3.8, 4) is 0 Å². The summed E-state index contributed by atoms with van der Waals surface area (Å²) in [7, 11) is 0. The van der Waals surface area contributed by atoms with E-state index < -0.39 is 11.6 Å². The molecule has 6 heteroatoms. The molecular formula is C12H14F2N4. The second-order valence-electron chi connectivity index (χ2n) is 4.00. The number of nitrogens with zero attached hydrogens (tertiary/aromatic N) is 2. The molecule has 1 aromatic heterocycles. The van der Waals surface area contributed by atoms with Gasteiger partial charge < -0.3 is 5.73 Å². The molecule has 0 atom stereocenters. The molecule has 4 nitrogen and oxygen atoms in total. The minimum absolute atomic E-state index is 0.266. The predicted molar refractivity (Wildman–Crippen MR) is 62.9 cm³/mol. The lowest BCUT2D eigenvalue weighted by Crippen LogP contribution is -2.01. The molecule has 96 valence electrons. The predicted octanol–water partition coefficient (Wildman–Crippen LogP) is 1.56. The fourth-order valence-corrected chi connectivity index (χ4v) is 1.63. The number of hydrogen-bond donors (Lipinski definition) is 2. The van der Waals surface area contributed by atoms with Crippen LogP contribution in [-0.4, -0.2) is 21.7 Å². The van der Waals surface area contributed by atoms with Crippen LogP contribution >= 0.6 is 0 Å². The van der Waals surface area contributed by atoms with Crippen LogP contribution in [0.5, 0.6) is 0 Å². The third-order valence-electron chi connectivity index (χ3n) is 2.56. The smallest absolute Gasteiger partial charge is 0.150 e. The Morgan fingerprint density at radius 3 is 2.83 bits per heavy atom. The molecule has 0 unspecified atom stereocenters. The van der Waals surface area contributed by atoms with Gasteiger partial charge in [0.2, 0.25) is 0 Å². The van der Waals surface area contributed by atoms with Gasteiger partial charge in [-0.2, -0.15) is 5.10 Å². The molecule has 2 rings (SSSR count). The van der Waals surface area contributed by atoms with E-state index in [-0.39, 0.29) is 6.42 Å². The second-order valence-corrected chi connectivity index (χ2v) is 4.00. The Morgan fingerprint density at radius 1 is 1.28 bits per heavy atom. The first-order chi connectivity index (χ1) is 8.69. The first-order valence-electron chi connectivity index (χ1n) is 5.73. The molecule has 3 N–H and O–H groups in total. The van der Waals surface area contributed by atoms with Crippen LogP contribution in [0.1, 0.15) is 23.6 Å². The quantitative estimate of drug-likeness (QED) is 0.848. The van der Waals surface area contributed by atoms with E-state index in [1.807, 2.05) is 0 Å². The Bertz CT molecular complexity index is 525. The maximum atomic E-state index is 13.4. The van der Waals surface area contributed by atoms with Gasteiger partial charge in [-0.05, 0) is 24.6 Å². The molecule has 0 radical (unpaired) electrons. The Balaban J connectivity index is 2.06. The molecule has 0 saturated heterocycles. The molecule has 0 aliphatic heterocycles. The van der Waals surface area contributed by atoms with Gasteiger partial charge in [0.1, 0.15) is 17.5 Å². The van der Waals surface area contributed by atoms with Crippen molar-refractivity contribution in [1.82, 2.24) is 15.2 Å². The maximum Gasteiger partial charge on any atom is 0.150 e. The van der Waals surface area contributed by atoms with E-state index in [0.29, 0.717) is 30.2 Å². The Kier molecular flexibility index (Phi) is 3.99. The number of aromatic nitrogens is 3. The Hall–Kier alpha value is -1.82. The van der Waals surface area contributed by atoms with Crippen LogP contribution in [-0.2, 0) is 12.8 Å². The summed E-state index contributed by atoms with van der Waals surface area (Å²) in [5.74, 6) is 0.0675. The fourth-order valence-electron chi connectivity index (χ4n) is 1.63. The summed E-state index contributed by atoms with van der Waals surface area (Å²) in [5.41, 5.74) is 5.78. The molecular weight excluding hydrogens is 238 g/mol. The van der Waals surface area contributed by atoms with Crippen molar-refractivity contribution in [2.75, 3.05) is 6.54 Å². The van der Waals surface area contributed by atoms with Crippen molar-refractivity contribution in [3.63, 3.8) is 0 Å². The zero-order chi connectivity index (χ0) is 13.0. The number of aryl methyl sites for hydroxylation is 1. The molecule has 0 fully saturated rings. The number of hydrogen-bond acceptors (Lipinski definition) is 3. The van der Waals surface area contributed by atoms with Crippen molar-refractivity contribution in [3.05, 3.63) is 47.0 Å². The number of rotatable bonds is 5. The summed E-state index contributed by atoms with van der Waals surface area (Å²) in [6.45, 7) is 0.580. The van der Waals surface area contributed by atoms with Gasteiger partial charge in [0, 0.05) is 18.9 Å². The van der Waals surface area contributed by atoms with Gasteiger partial charge in [0.25, 0.3) is 0 Å². The van der Waals surface area contributed by atoms with E-state index in [0.717, 1.165) is 12.5 Å². The number of halogens is 2. The van der Waals surface area contributed by atoms with Crippen molar-refractivity contribution in [2.24, 2.45) is 5.73 Å².